The van der Waals surface area contributed by atoms with Gasteiger partial charge in [0.25, 0.3) is 0 Å². The topological polar surface area (TPSA) is 61.9 Å². The maximum atomic E-state index is 12.1. The number of alkyl halides is 3. The summed E-state index contributed by atoms with van der Waals surface area (Å²) in [5, 5.41) is 0. The van der Waals surface area contributed by atoms with Crippen molar-refractivity contribution < 1.29 is 26.3 Å². The van der Waals surface area contributed by atoms with Crippen LogP contribution in [0.5, 0.6) is 5.75 Å². The van der Waals surface area contributed by atoms with Crippen molar-refractivity contribution in [1.82, 2.24) is 14.5 Å². The molecule has 25 heavy (non-hydrogen) atoms. The lowest BCUT2D eigenvalue weighted by Crippen LogP contribution is -2.45. The fraction of sp³-hybridized carbons (Fsp3) is 0.600. The summed E-state index contributed by atoms with van der Waals surface area (Å²) in [6.45, 7) is 4.99. The first kappa shape index (κ1) is 20.0. The Morgan fingerprint density at radius 1 is 1.12 bits per heavy atom. The fourth-order valence-corrected chi connectivity index (χ4v) is 3.56. The fourth-order valence-electron chi connectivity index (χ4n) is 2.48. The Morgan fingerprint density at radius 2 is 1.72 bits per heavy atom. The summed E-state index contributed by atoms with van der Waals surface area (Å²) >= 11 is 0. The average Bonchev–Trinajstić information content (AvgIpc) is 2.52. The highest BCUT2D eigenvalue weighted by molar-refractivity contribution is 7.89. The second-order valence-electron chi connectivity index (χ2n) is 5.92. The molecule has 1 heterocycles. The summed E-state index contributed by atoms with van der Waals surface area (Å²) in [6.07, 6.45) is -4.14. The molecule has 0 atom stereocenters. The number of piperazine rings is 1. The third-order valence-electron chi connectivity index (χ3n) is 3.91. The van der Waals surface area contributed by atoms with E-state index in [1.54, 1.807) is 0 Å². The lowest BCUT2D eigenvalue weighted by atomic mass is 10.3. The van der Waals surface area contributed by atoms with Crippen molar-refractivity contribution in [3.8, 4) is 5.75 Å². The van der Waals surface area contributed by atoms with E-state index in [1.807, 2.05) is 0 Å². The molecule has 0 amide bonds. The van der Waals surface area contributed by atoms with Gasteiger partial charge in [-0.3, -0.25) is 0 Å². The van der Waals surface area contributed by atoms with Gasteiger partial charge >= 0.3 is 6.36 Å². The van der Waals surface area contributed by atoms with Crippen LogP contribution >= 0.6 is 0 Å². The van der Waals surface area contributed by atoms with Crippen LogP contribution in [0.2, 0.25) is 0 Å². The maximum Gasteiger partial charge on any atom is 0.573 e. The molecule has 1 saturated heterocycles. The highest BCUT2D eigenvalue weighted by Crippen LogP contribution is 2.23. The van der Waals surface area contributed by atoms with Crippen LogP contribution < -0.4 is 9.46 Å². The minimum Gasteiger partial charge on any atom is -0.406 e. The van der Waals surface area contributed by atoms with E-state index in [-0.39, 0.29) is 11.4 Å². The van der Waals surface area contributed by atoms with E-state index >= 15 is 0 Å². The first-order valence-corrected chi connectivity index (χ1v) is 9.40. The van der Waals surface area contributed by atoms with Crippen molar-refractivity contribution in [2.24, 2.45) is 0 Å². The number of hydrogen-bond acceptors (Lipinski definition) is 5. The molecule has 0 aromatic heterocycles. The zero-order valence-electron chi connectivity index (χ0n) is 13.9. The minimum atomic E-state index is -4.80. The van der Waals surface area contributed by atoms with Gasteiger partial charge in [0.15, 0.2) is 0 Å². The Kier molecular flexibility index (Phi) is 6.66. The summed E-state index contributed by atoms with van der Waals surface area (Å²) in [5.74, 6) is -0.457. The summed E-state index contributed by atoms with van der Waals surface area (Å²) in [5.41, 5.74) is 0. The third kappa shape index (κ3) is 6.81. The molecule has 1 N–H and O–H groups in total. The molecule has 0 unspecified atom stereocenters. The average molecular weight is 381 g/mol. The van der Waals surface area contributed by atoms with Crippen molar-refractivity contribution in [3.05, 3.63) is 24.3 Å². The molecule has 1 aromatic carbocycles. The second-order valence-corrected chi connectivity index (χ2v) is 7.68. The zero-order valence-corrected chi connectivity index (χ0v) is 14.7. The predicted molar refractivity (Wildman–Crippen MR) is 86.9 cm³/mol. The largest absolute Gasteiger partial charge is 0.573 e. The van der Waals surface area contributed by atoms with E-state index in [0.29, 0.717) is 6.42 Å². The van der Waals surface area contributed by atoms with Crippen LogP contribution in [0.15, 0.2) is 29.2 Å². The molecule has 0 spiro atoms. The van der Waals surface area contributed by atoms with Crippen LogP contribution in [-0.2, 0) is 10.0 Å². The standard InChI is InChI=1S/C15H22F3N3O3S/c1-20-9-11-21(12-10-20)8-2-7-19-25(22,23)14-5-3-13(4-6-14)24-15(16,17)18/h3-6,19H,2,7-12H2,1H3. The van der Waals surface area contributed by atoms with Crippen molar-refractivity contribution >= 4 is 10.0 Å². The molecule has 0 aliphatic carbocycles. The van der Waals surface area contributed by atoms with Gasteiger partial charge in [-0.05, 0) is 44.3 Å². The first-order valence-electron chi connectivity index (χ1n) is 7.92. The van der Waals surface area contributed by atoms with Crippen LogP contribution in [-0.4, -0.2) is 70.9 Å². The maximum absolute atomic E-state index is 12.1. The number of hydrogen-bond donors (Lipinski definition) is 1. The van der Waals surface area contributed by atoms with Crippen molar-refractivity contribution in [2.75, 3.05) is 46.3 Å². The molecular formula is C15H22F3N3O3S. The van der Waals surface area contributed by atoms with Gasteiger partial charge < -0.3 is 14.5 Å². The van der Waals surface area contributed by atoms with Gasteiger partial charge in [-0.25, -0.2) is 13.1 Å². The molecule has 0 saturated carbocycles. The van der Waals surface area contributed by atoms with E-state index in [2.05, 4.69) is 26.3 Å². The Labute approximate surface area is 145 Å². The van der Waals surface area contributed by atoms with Gasteiger partial charge in [-0.15, -0.1) is 13.2 Å². The van der Waals surface area contributed by atoms with Crippen molar-refractivity contribution in [1.29, 1.82) is 0 Å². The molecule has 2 rings (SSSR count). The van der Waals surface area contributed by atoms with Crippen LogP contribution in [0.3, 0.4) is 0 Å². The molecule has 6 nitrogen and oxygen atoms in total. The van der Waals surface area contributed by atoms with Crippen LogP contribution in [0.25, 0.3) is 0 Å². The highest BCUT2D eigenvalue weighted by atomic mass is 32.2. The Bertz CT molecular complexity index is 642. The van der Waals surface area contributed by atoms with E-state index in [4.69, 9.17) is 0 Å². The third-order valence-corrected chi connectivity index (χ3v) is 5.38. The second kappa shape index (κ2) is 8.35. The SMILES string of the molecule is CN1CCN(CCCNS(=O)(=O)c2ccc(OC(F)(F)F)cc2)CC1. The summed E-state index contributed by atoms with van der Waals surface area (Å²) < 4.78 is 66.7. The number of sulfonamides is 1. The first-order chi connectivity index (χ1) is 11.7. The molecular weight excluding hydrogens is 359 g/mol. The van der Waals surface area contributed by atoms with Crippen molar-refractivity contribution in [3.63, 3.8) is 0 Å². The summed E-state index contributed by atoms with van der Waals surface area (Å²) in [4.78, 5) is 4.42. The van der Waals surface area contributed by atoms with E-state index in [0.717, 1.165) is 57.0 Å². The molecule has 1 fully saturated rings. The summed E-state index contributed by atoms with van der Waals surface area (Å²) in [7, 11) is -1.68. The zero-order chi connectivity index (χ0) is 18.5. The Balaban J connectivity index is 1.79. The molecule has 1 aromatic rings. The molecule has 10 heteroatoms. The van der Waals surface area contributed by atoms with Gasteiger partial charge in [0.1, 0.15) is 5.75 Å². The number of halogens is 3. The lowest BCUT2D eigenvalue weighted by molar-refractivity contribution is -0.274. The number of nitrogens with one attached hydrogen (secondary N) is 1. The quantitative estimate of drug-likeness (QED) is 0.726. The van der Waals surface area contributed by atoms with E-state index in [9.17, 15) is 21.6 Å². The Hall–Kier alpha value is -1.36. The van der Waals surface area contributed by atoms with Gasteiger partial charge in [0, 0.05) is 32.7 Å². The van der Waals surface area contributed by atoms with E-state index in [1.165, 1.54) is 0 Å². The van der Waals surface area contributed by atoms with Crippen LogP contribution in [0.4, 0.5) is 13.2 Å². The summed E-state index contributed by atoms with van der Waals surface area (Å²) in [6, 6.07) is 4.13. The normalized spacial score (nSPS) is 17.6. The van der Waals surface area contributed by atoms with Gasteiger partial charge in [0.05, 0.1) is 4.90 Å². The smallest absolute Gasteiger partial charge is 0.406 e. The van der Waals surface area contributed by atoms with Gasteiger partial charge in [0.2, 0.25) is 10.0 Å². The highest BCUT2D eigenvalue weighted by Gasteiger charge is 2.31. The van der Waals surface area contributed by atoms with Crippen molar-refractivity contribution in [2.45, 2.75) is 17.7 Å². The predicted octanol–water partition coefficient (Wildman–Crippen LogP) is 1.50. The van der Waals surface area contributed by atoms with Crippen LogP contribution in [0.1, 0.15) is 6.42 Å². The number of ether oxygens (including phenoxy) is 1. The molecule has 142 valence electrons. The molecule has 1 aliphatic rings. The molecule has 0 radical (unpaired) electrons. The van der Waals surface area contributed by atoms with E-state index < -0.39 is 22.1 Å². The van der Waals surface area contributed by atoms with Gasteiger partial charge in [-0.1, -0.05) is 0 Å². The lowest BCUT2D eigenvalue weighted by Gasteiger charge is -2.32. The molecule has 1 aliphatic heterocycles. The Morgan fingerprint density at radius 3 is 2.28 bits per heavy atom. The number of nitrogens with zero attached hydrogens (tertiary/aromatic N) is 2. The number of rotatable bonds is 7. The minimum absolute atomic E-state index is 0.0957. The number of benzene rings is 1. The molecule has 0 bridgehead atoms. The number of likely N-dealkylation sites (N-methyl/N-ethyl adjacent to an activating group) is 1. The van der Waals surface area contributed by atoms with Gasteiger partial charge in [-0.2, -0.15) is 0 Å². The van der Waals surface area contributed by atoms with Crippen LogP contribution in [0, 0.1) is 0 Å². The monoisotopic (exact) mass is 381 g/mol.